The SMILES string of the molecule is CC[C@H]1OC(=O)[C@H](C)[C@@H](O[C@H]2C[C@@](C)(OC)[C@@H](O)[C@H](C)O2)[C@H](C)[C@@H](O[C@@H]2O[C@H](C)C[C@H](N(C)C)[C@H]2O)[C@@](C)(O)C[C@@H](C)C(=O)[C@H](C)[C@H]2OC(=O)O[C@@]21C. The fraction of sp³-hybridized carbons (Fsp3) is 0.921. The van der Waals surface area contributed by atoms with Gasteiger partial charge in [0.05, 0.1) is 47.5 Å². The van der Waals surface area contributed by atoms with Crippen LogP contribution in [0.5, 0.6) is 0 Å². The van der Waals surface area contributed by atoms with Gasteiger partial charge in [-0.1, -0.05) is 27.7 Å². The molecule has 4 rings (SSSR count). The molecule has 4 fully saturated rings. The molecule has 0 aromatic rings. The fourth-order valence-electron chi connectivity index (χ4n) is 9.03. The first-order valence-corrected chi connectivity index (χ1v) is 19.1. The summed E-state index contributed by atoms with van der Waals surface area (Å²) < 4.78 is 48.7. The van der Waals surface area contributed by atoms with Gasteiger partial charge in [0, 0.05) is 31.4 Å². The lowest BCUT2D eigenvalue weighted by molar-refractivity contribution is -0.318. The Hall–Kier alpha value is -1.95. The Morgan fingerprint density at radius 1 is 0.906 bits per heavy atom. The number of Topliss-reactive ketones (excluding diaryl/α,β-unsaturated/α-hetero) is 1. The van der Waals surface area contributed by atoms with Gasteiger partial charge in [-0.15, -0.1) is 0 Å². The molecule has 4 saturated heterocycles. The van der Waals surface area contributed by atoms with E-state index in [0.29, 0.717) is 6.42 Å². The predicted octanol–water partition coefficient (Wildman–Crippen LogP) is 2.97. The van der Waals surface area contributed by atoms with E-state index in [1.54, 1.807) is 62.3 Å². The summed E-state index contributed by atoms with van der Waals surface area (Å²) in [7, 11) is 5.20. The number of ketones is 1. The number of nitrogens with zero attached hydrogens (tertiary/aromatic N) is 1. The number of hydrogen-bond donors (Lipinski definition) is 3. The van der Waals surface area contributed by atoms with Crippen molar-refractivity contribution in [3.05, 3.63) is 0 Å². The summed E-state index contributed by atoms with van der Waals surface area (Å²) in [5.41, 5.74) is -4.33. The lowest BCUT2D eigenvalue weighted by Gasteiger charge is -2.49. The third-order valence-corrected chi connectivity index (χ3v) is 12.3. The van der Waals surface area contributed by atoms with Crippen molar-refractivity contribution in [1.29, 1.82) is 0 Å². The molecule has 18 atom stereocenters. The molecule has 15 nitrogen and oxygen atoms in total. The normalized spacial score (nSPS) is 49.1. The third-order valence-electron chi connectivity index (χ3n) is 12.3. The monoisotopic (exact) mass is 759 g/mol. The first-order chi connectivity index (χ1) is 24.5. The van der Waals surface area contributed by atoms with Crippen LogP contribution in [0.3, 0.4) is 0 Å². The predicted molar refractivity (Wildman–Crippen MR) is 189 cm³/mol. The van der Waals surface area contributed by atoms with Gasteiger partial charge in [0.2, 0.25) is 0 Å². The zero-order chi connectivity index (χ0) is 40.0. The molecule has 0 unspecified atom stereocenters. The van der Waals surface area contributed by atoms with Crippen LogP contribution in [0.4, 0.5) is 4.79 Å². The van der Waals surface area contributed by atoms with Crippen molar-refractivity contribution in [2.75, 3.05) is 21.2 Å². The Bertz CT molecular complexity index is 1300. The van der Waals surface area contributed by atoms with E-state index in [1.807, 2.05) is 25.9 Å². The molecule has 0 spiro atoms. The Kier molecular flexibility index (Phi) is 13.7. The van der Waals surface area contributed by atoms with Crippen LogP contribution in [0.1, 0.15) is 94.9 Å². The van der Waals surface area contributed by atoms with Crippen molar-refractivity contribution in [2.24, 2.45) is 23.7 Å². The van der Waals surface area contributed by atoms with Gasteiger partial charge in [-0.3, -0.25) is 9.59 Å². The average Bonchev–Trinajstić information content (AvgIpc) is 3.40. The fourth-order valence-corrected chi connectivity index (χ4v) is 9.03. The topological polar surface area (TPSA) is 189 Å². The molecule has 4 aliphatic rings. The molecule has 53 heavy (non-hydrogen) atoms. The number of aliphatic hydroxyl groups is 3. The van der Waals surface area contributed by atoms with Gasteiger partial charge in [-0.25, -0.2) is 4.79 Å². The number of esters is 1. The second-order valence-corrected chi connectivity index (χ2v) is 16.9. The van der Waals surface area contributed by atoms with Gasteiger partial charge in [-0.05, 0) is 74.9 Å². The van der Waals surface area contributed by atoms with E-state index in [0.717, 1.165) is 0 Å². The van der Waals surface area contributed by atoms with Gasteiger partial charge >= 0.3 is 12.1 Å². The van der Waals surface area contributed by atoms with Crippen LogP contribution in [0.25, 0.3) is 0 Å². The van der Waals surface area contributed by atoms with Gasteiger partial charge in [0.1, 0.15) is 24.1 Å². The van der Waals surface area contributed by atoms with Crippen molar-refractivity contribution in [3.8, 4) is 0 Å². The van der Waals surface area contributed by atoms with Gasteiger partial charge < -0.3 is 58.1 Å². The van der Waals surface area contributed by atoms with Crippen molar-refractivity contribution >= 4 is 17.9 Å². The molecule has 0 aliphatic carbocycles. The number of rotatable bonds is 7. The highest BCUT2D eigenvalue weighted by Crippen LogP contribution is 2.43. The third kappa shape index (κ3) is 8.88. The van der Waals surface area contributed by atoms with E-state index in [-0.39, 0.29) is 37.2 Å². The number of ether oxygens (including phenoxy) is 8. The van der Waals surface area contributed by atoms with E-state index >= 15 is 0 Å². The molecule has 0 saturated carbocycles. The van der Waals surface area contributed by atoms with Crippen LogP contribution in [0.15, 0.2) is 0 Å². The molecule has 4 heterocycles. The standard InChI is InChI=1S/C38H65NO14/c1-14-25-38(10)32(52-35(44)53-38)20(4)27(40)18(2)16-36(8,45)31(51-34-28(41)24(39(11)12)15-19(3)47-34)21(5)29(22(6)33(43)49-25)50-26-17-37(9,46-13)30(42)23(7)48-26/h18-26,28-32,34,41-42,45H,14-17H2,1-13H3/t18-,19-,20+,21+,22-,23+,24+,25-,26+,28-,29+,30+,31-,32-,34+,36+,37-,38-/m1/s1. The smallest absolute Gasteiger partial charge is 0.458 e. The van der Waals surface area contributed by atoms with E-state index in [4.69, 9.17) is 37.9 Å². The van der Waals surface area contributed by atoms with Crippen LogP contribution < -0.4 is 0 Å². The van der Waals surface area contributed by atoms with Crippen LogP contribution in [-0.4, -0.2) is 144 Å². The highest BCUT2D eigenvalue weighted by molar-refractivity contribution is 5.84. The minimum Gasteiger partial charge on any atom is -0.458 e. The number of hydrogen-bond acceptors (Lipinski definition) is 15. The van der Waals surface area contributed by atoms with Crippen LogP contribution in [0, 0.1) is 23.7 Å². The minimum atomic E-state index is -1.78. The first-order valence-electron chi connectivity index (χ1n) is 19.1. The quantitative estimate of drug-likeness (QED) is 0.321. The Balaban J connectivity index is 1.84. The average molecular weight is 760 g/mol. The summed E-state index contributed by atoms with van der Waals surface area (Å²) in [5.74, 6) is -4.54. The van der Waals surface area contributed by atoms with E-state index in [9.17, 15) is 29.7 Å². The van der Waals surface area contributed by atoms with Crippen molar-refractivity contribution in [1.82, 2.24) is 4.90 Å². The lowest BCUT2D eigenvalue weighted by Crippen LogP contribution is -2.61. The summed E-state index contributed by atoms with van der Waals surface area (Å²) in [6.07, 6.45) is -9.81. The Morgan fingerprint density at radius 2 is 1.55 bits per heavy atom. The maximum absolute atomic E-state index is 14.3. The van der Waals surface area contributed by atoms with E-state index < -0.39 is 108 Å². The second kappa shape index (κ2) is 16.6. The van der Waals surface area contributed by atoms with Gasteiger partial charge in [0.25, 0.3) is 0 Å². The number of cyclic esters (lactones) is 1. The van der Waals surface area contributed by atoms with Crippen LogP contribution >= 0.6 is 0 Å². The zero-order valence-electron chi connectivity index (χ0n) is 33.8. The van der Waals surface area contributed by atoms with Crippen molar-refractivity contribution < 1.29 is 67.6 Å². The number of carbonyl (C=O) groups excluding carboxylic acids is 3. The number of carbonyl (C=O) groups is 3. The molecule has 0 aromatic heterocycles. The highest BCUT2D eigenvalue weighted by atomic mass is 16.8. The van der Waals surface area contributed by atoms with Crippen molar-refractivity contribution in [2.45, 2.75) is 179 Å². The summed E-state index contributed by atoms with van der Waals surface area (Å²) in [6, 6.07) is -0.322. The van der Waals surface area contributed by atoms with Gasteiger partial charge in [0.15, 0.2) is 24.3 Å². The molecular weight excluding hydrogens is 694 g/mol. The maximum atomic E-state index is 14.3. The molecule has 15 heteroatoms. The summed E-state index contributed by atoms with van der Waals surface area (Å²) >= 11 is 0. The zero-order valence-corrected chi connectivity index (χ0v) is 33.8. The van der Waals surface area contributed by atoms with Gasteiger partial charge in [-0.2, -0.15) is 0 Å². The van der Waals surface area contributed by atoms with Crippen molar-refractivity contribution in [3.63, 3.8) is 0 Å². The summed E-state index contributed by atoms with van der Waals surface area (Å²) in [4.78, 5) is 43.0. The molecule has 0 radical (unpaired) electrons. The summed E-state index contributed by atoms with van der Waals surface area (Å²) in [5, 5.41) is 34.9. The maximum Gasteiger partial charge on any atom is 0.509 e. The molecule has 4 aliphatic heterocycles. The Morgan fingerprint density at radius 3 is 2.13 bits per heavy atom. The number of aliphatic hydroxyl groups excluding tert-OH is 2. The second-order valence-electron chi connectivity index (χ2n) is 16.9. The molecular formula is C38H65NO14. The minimum absolute atomic E-state index is 0.0996. The largest absolute Gasteiger partial charge is 0.509 e. The number of likely N-dealkylation sites (N-methyl/N-ethyl adjacent to an activating group) is 1. The summed E-state index contributed by atoms with van der Waals surface area (Å²) in [6.45, 7) is 16.9. The van der Waals surface area contributed by atoms with Crippen LogP contribution in [-0.2, 0) is 47.5 Å². The highest BCUT2D eigenvalue weighted by Gasteiger charge is 2.59. The first kappa shape index (κ1) is 43.8. The van der Waals surface area contributed by atoms with E-state index in [2.05, 4.69) is 0 Å². The lowest BCUT2D eigenvalue weighted by atomic mass is 9.74. The number of methoxy groups -OCH3 is 1. The molecule has 0 bridgehead atoms. The molecule has 0 aromatic carbocycles. The molecule has 0 amide bonds. The number of fused-ring (bicyclic) bond motifs is 1. The van der Waals surface area contributed by atoms with Crippen LogP contribution in [0.2, 0.25) is 0 Å². The molecule has 3 N–H and O–H groups in total. The molecule has 306 valence electrons. The Labute approximate surface area is 314 Å². The van der Waals surface area contributed by atoms with E-state index in [1.165, 1.54) is 7.11 Å².